The van der Waals surface area contributed by atoms with Crippen molar-refractivity contribution in [1.29, 1.82) is 0 Å². The van der Waals surface area contributed by atoms with Gasteiger partial charge in [0.1, 0.15) is 6.10 Å². The van der Waals surface area contributed by atoms with Gasteiger partial charge in [0.2, 0.25) is 5.88 Å². The summed E-state index contributed by atoms with van der Waals surface area (Å²) >= 11 is 0. The van der Waals surface area contributed by atoms with E-state index in [-0.39, 0.29) is 12.0 Å². The van der Waals surface area contributed by atoms with Crippen LogP contribution in [0.5, 0.6) is 5.88 Å². The number of aromatic nitrogens is 3. The van der Waals surface area contributed by atoms with Gasteiger partial charge in [0, 0.05) is 36.4 Å². The van der Waals surface area contributed by atoms with E-state index in [0.717, 1.165) is 43.4 Å². The van der Waals surface area contributed by atoms with Gasteiger partial charge in [-0.3, -0.25) is 14.8 Å². The van der Waals surface area contributed by atoms with Crippen LogP contribution < -0.4 is 10.1 Å². The maximum Gasteiger partial charge on any atom is 0.490 e. The number of carboxylic acid groups (broad SMARTS) is 2. The predicted octanol–water partition coefficient (Wildman–Crippen LogP) is 5.52. The molecule has 1 aliphatic rings. The quantitative estimate of drug-likeness (QED) is 0.196. The number of nitrogens with one attached hydrogen (secondary N) is 2. The third-order valence-corrected chi connectivity index (χ3v) is 6.18. The fourth-order valence-electron chi connectivity index (χ4n) is 4.07. The molecule has 11 nitrogen and oxygen atoms in total. The van der Waals surface area contributed by atoms with Crippen molar-refractivity contribution in [2.24, 2.45) is 0 Å². The standard InChI is InChI=1S/C25H25N5O2.2C2HF3O2/c31-25(28-21-9-10-23-20(13-21)15-27-29-23)19-8-11-24(26-14-19)32-22-7-4-12-30(17-22)16-18-5-2-1-3-6-18;2*3-2(4,5)1(6)7/h1-3,5-6,8-11,13-15,22H,4,7,12,16-17H2,(H,27,29)(H,28,31);2*(H,6,7). The van der Waals surface area contributed by atoms with Gasteiger partial charge in [0.05, 0.1) is 17.3 Å². The molecule has 1 atom stereocenters. The first-order valence-electron chi connectivity index (χ1n) is 13.4. The molecule has 2 aromatic heterocycles. The highest BCUT2D eigenvalue weighted by Crippen LogP contribution is 2.21. The van der Waals surface area contributed by atoms with Gasteiger partial charge in [0.15, 0.2) is 0 Å². The number of nitrogens with zero attached hydrogens (tertiary/aromatic N) is 3. The summed E-state index contributed by atoms with van der Waals surface area (Å²) in [6, 6.07) is 19.6. The number of rotatable bonds is 6. The van der Waals surface area contributed by atoms with Gasteiger partial charge in [-0.25, -0.2) is 14.6 Å². The first-order chi connectivity index (χ1) is 21.6. The zero-order valence-electron chi connectivity index (χ0n) is 23.7. The molecule has 0 spiro atoms. The molecule has 1 saturated heterocycles. The number of likely N-dealkylation sites (tertiary alicyclic amines) is 1. The number of fused-ring (bicyclic) bond motifs is 1. The molecule has 0 bridgehead atoms. The van der Waals surface area contributed by atoms with Crippen LogP contribution in [0.4, 0.5) is 32.0 Å². The third kappa shape index (κ3) is 11.4. The van der Waals surface area contributed by atoms with Crippen LogP contribution in [0.3, 0.4) is 0 Å². The summed E-state index contributed by atoms with van der Waals surface area (Å²) in [7, 11) is 0. The lowest BCUT2D eigenvalue weighted by molar-refractivity contribution is -0.193. The van der Waals surface area contributed by atoms with Crippen molar-refractivity contribution in [3.05, 3.63) is 84.2 Å². The first-order valence-corrected chi connectivity index (χ1v) is 13.4. The van der Waals surface area contributed by atoms with Gasteiger partial charge in [-0.05, 0) is 49.2 Å². The van der Waals surface area contributed by atoms with Crippen molar-refractivity contribution in [2.75, 3.05) is 18.4 Å². The molecule has 3 heterocycles. The maximum atomic E-state index is 12.6. The number of anilines is 1. The number of hydrogen-bond donors (Lipinski definition) is 4. The van der Waals surface area contributed by atoms with Gasteiger partial charge in [-0.15, -0.1) is 0 Å². The van der Waals surface area contributed by atoms with E-state index in [9.17, 15) is 31.1 Å². The van der Waals surface area contributed by atoms with Crippen molar-refractivity contribution in [3.8, 4) is 5.88 Å². The van der Waals surface area contributed by atoms with Crippen LogP contribution in [0.25, 0.3) is 10.9 Å². The molecule has 5 rings (SSSR count). The SMILES string of the molecule is O=C(Nc1ccc2[nH]ncc2c1)c1ccc(OC2CCCN(Cc3ccccc3)C2)nc1.O=C(O)C(F)(F)F.O=C(O)C(F)(F)F. The molecule has 0 aliphatic carbocycles. The van der Waals surface area contributed by atoms with Crippen LogP contribution in [0, 0.1) is 0 Å². The molecule has 0 radical (unpaired) electrons. The fraction of sp³-hybridized carbons (Fsp3) is 0.276. The third-order valence-electron chi connectivity index (χ3n) is 6.18. The number of alkyl halides is 6. The Morgan fingerprint density at radius 3 is 2.17 bits per heavy atom. The molecule has 1 aliphatic heterocycles. The van der Waals surface area contributed by atoms with Crippen molar-refractivity contribution in [2.45, 2.75) is 37.8 Å². The molecule has 46 heavy (non-hydrogen) atoms. The van der Waals surface area contributed by atoms with Crippen LogP contribution in [0.1, 0.15) is 28.8 Å². The number of halogens is 6. The Kier molecular flexibility index (Phi) is 12.0. The Labute approximate surface area is 256 Å². The summed E-state index contributed by atoms with van der Waals surface area (Å²) in [6.45, 7) is 2.87. The van der Waals surface area contributed by atoms with E-state index in [4.69, 9.17) is 24.5 Å². The monoisotopic (exact) mass is 655 g/mol. The highest BCUT2D eigenvalue weighted by molar-refractivity contribution is 6.04. The van der Waals surface area contributed by atoms with E-state index in [1.165, 1.54) is 5.56 Å². The van der Waals surface area contributed by atoms with Crippen LogP contribution in [-0.2, 0) is 16.1 Å². The van der Waals surface area contributed by atoms with E-state index in [0.29, 0.717) is 17.1 Å². The van der Waals surface area contributed by atoms with Gasteiger partial charge in [-0.1, -0.05) is 30.3 Å². The number of carboxylic acids is 2. The van der Waals surface area contributed by atoms with Gasteiger partial charge < -0.3 is 20.3 Å². The average Bonchev–Trinajstić information content (AvgIpc) is 3.46. The van der Waals surface area contributed by atoms with E-state index >= 15 is 0 Å². The summed E-state index contributed by atoms with van der Waals surface area (Å²) in [5.41, 5.74) is 3.44. The summed E-state index contributed by atoms with van der Waals surface area (Å²) < 4.78 is 69.6. The molecule has 4 aromatic rings. The fourth-order valence-corrected chi connectivity index (χ4v) is 4.07. The second-order valence-electron chi connectivity index (χ2n) is 9.72. The molecular formula is C29H27F6N5O6. The van der Waals surface area contributed by atoms with E-state index in [2.05, 4.69) is 49.7 Å². The molecule has 246 valence electrons. The topological polar surface area (TPSA) is 158 Å². The summed E-state index contributed by atoms with van der Waals surface area (Å²) in [5, 5.41) is 25.0. The maximum absolute atomic E-state index is 12.6. The van der Waals surface area contributed by atoms with E-state index in [1.807, 2.05) is 24.3 Å². The molecule has 1 amide bonds. The van der Waals surface area contributed by atoms with Crippen molar-refractivity contribution >= 4 is 34.4 Å². The number of piperidine rings is 1. The summed E-state index contributed by atoms with van der Waals surface area (Å²) in [5.74, 6) is -5.17. The lowest BCUT2D eigenvalue weighted by Gasteiger charge is -2.32. The number of ether oxygens (including phenoxy) is 1. The van der Waals surface area contributed by atoms with Crippen molar-refractivity contribution < 1.29 is 55.7 Å². The Balaban J connectivity index is 0.000000345. The number of aromatic amines is 1. The Hall–Kier alpha value is -5.19. The largest absolute Gasteiger partial charge is 0.490 e. The van der Waals surface area contributed by atoms with Crippen LogP contribution >= 0.6 is 0 Å². The molecule has 17 heteroatoms. The number of hydrogen-bond acceptors (Lipinski definition) is 7. The van der Waals surface area contributed by atoms with Crippen LogP contribution in [0.15, 0.2) is 73.1 Å². The average molecular weight is 656 g/mol. The smallest absolute Gasteiger partial charge is 0.475 e. The number of amides is 1. The number of H-pyrrole nitrogens is 1. The molecule has 4 N–H and O–H groups in total. The number of benzene rings is 2. The summed E-state index contributed by atoms with van der Waals surface area (Å²) in [6.07, 6.45) is -4.68. The van der Waals surface area contributed by atoms with Gasteiger partial charge in [0.25, 0.3) is 5.91 Å². The predicted molar refractivity (Wildman–Crippen MR) is 151 cm³/mol. The number of carbonyl (C=O) groups excluding carboxylic acids is 1. The van der Waals surface area contributed by atoms with Crippen molar-refractivity contribution in [3.63, 3.8) is 0 Å². The van der Waals surface area contributed by atoms with Gasteiger partial charge >= 0.3 is 24.3 Å². The molecule has 1 fully saturated rings. The zero-order chi connectivity index (χ0) is 33.9. The number of carbonyl (C=O) groups is 3. The highest BCUT2D eigenvalue weighted by atomic mass is 19.4. The zero-order valence-corrected chi connectivity index (χ0v) is 23.7. The second-order valence-corrected chi connectivity index (χ2v) is 9.72. The molecular weight excluding hydrogens is 628 g/mol. The van der Waals surface area contributed by atoms with Crippen LogP contribution in [-0.4, -0.2) is 79.7 Å². The molecule has 0 saturated carbocycles. The first kappa shape index (κ1) is 35.3. The number of aliphatic carboxylic acids is 2. The summed E-state index contributed by atoms with van der Waals surface area (Å²) in [4.78, 5) is 37.2. The Morgan fingerprint density at radius 1 is 0.935 bits per heavy atom. The molecule has 2 aromatic carbocycles. The minimum Gasteiger partial charge on any atom is -0.475 e. The van der Waals surface area contributed by atoms with E-state index < -0.39 is 24.3 Å². The highest BCUT2D eigenvalue weighted by Gasteiger charge is 2.38. The Morgan fingerprint density at radius 2 is 1.59 bits per heavy atom. The van der Waals surface area contributed by atoms with Gasteiger partial charge in [-0.2, -0.15) is 31.4 Å². The van der Waals surface area contributed by atoms with Crippen LogP contribution in [0.2, 0.25) is 0 Å². The minimum absolute atomic E-state index is 0.0985. The minimum atomic E-state index is -5.08. The Bertz CT molecular complexity index is 1570. The molecule has 1 unspecified atom stereocenters. The van der Waals surface area contributed by atoms with Crippen molar-refractivity contribution in [1.82, 2.24) is 20.1 Å². The second kappa shape index (κ2) is 15.7. The lowest BCUT2D eigenvalue weighted by atomic mass is 10.1. The van der Waals surface area contributed by atoms with E-state index in [1.54, 1.807) is 24.5 Å². The number of pyridine rings is 1. The lowest BCUT2D eigenvalue weighted by Crippen LogP contribution is -2.40. The normalized spacial score (nSPS) is 15.0.